The van der Waals surface area contributed by atoms with E-state index in [4.69, 9.17) is 15.2 Å². The van der Waals surface area contributed by atoms with E-state index in [0.717, 1.165) is 18.7 Å². The van der Waals surface area contributed by atoms with Gasteiger partial charge >= 0.3 is 0 Å². The van der Waals surface area contributed by atoms with E-state index in [1.807, 2.05) is 6.07 Å². The van der Waals surface area contributed by atoms with Gasteiger partial charge in [-0.15, -0.1) is 0 Å². The zero-order valence-electron chi connectivity index (χ0n) is 10.6. The summed E-state index contributed by atoms with van der Waals surface area (Å²) >= 11 is 0. The van der Waals surface area contributed by atoms with Crippen LogP contribution >= 0.6 is 0 Å². The number of nitrogens with two attached hydrogens (primary N) is 1. The maximum atomic E-state index is 13.7. The lowest BCUT2D eigenvalue weighted by Crippen LogP contribution is -2.41. The molecule has 1 unspecified atom stereocenters. The van der Waals surface area contributed by atoms with Crippen molar-refractivity contribution in [2.24, 2.45) is 5.73 Å². The Balaban J connectivity index is 2.18. The van der Waals surface area contributed by atoms with Gasteiger partial charge in [0.1, 0.15) is 0 Å². The average Bonchev–Trinajstić information content (AvgIpc) is 2.41. The third kappa shape index (κ3) is 2.80. The van der Waals surface area contributed by atoms with Gasteiger partial charge in [0, 0.05) is 25.7 Å². The number of benzene rings is 1. The molecule has 1 aromatic rings. The van der Waals surface area contributed by atoms with E-state index in [2.05, 4.69) is 4.90 Å². The topological polar surface area (TPSA) is 47.7 Å². The van der Waals surface area contributed by atoms with Crippen LogP contribution in [-0.4, -0.2) is 44.9 Å². The molecule has 1 aromatic carbocycles. The van der Waals surface area contributed by atoms with Crippen molar-refractivity contribution in [3.05, 3.63) is 29.6 Å². The number of halogens is 1. The van der Waals surface area contributed by atoms with E-state index >= 15 is 0 Å². The average molecular weight is 254 g/mol. The highest BCUT2D eigenvalue weighted by molar-refractivity contribution is 5.31. The van der Waals surface area contributed by atoms with Crippen molar-refractivity contribution in [2.45, 2.75) is 6.04 Å². The summed E-state index contributed by atoms with van der Waals surface area (Å²) in [4.78, 5) is 2.23. The first kappa shape index (κ1) is 13.3. The molecule has 1 fully saturated rings. The van der Waals surface area contributed by atoms with Crippen LogP contribution in [0.25, 0.3) is 0 Å². The first-order valence-electron chi connectivity index (χ1n) is 6.11. The van der Waals surface area contributed by atoms with Crippen LogP contribution in [0.2, 0.25) is 0 Å². The van der Waals surface area contributed by atoms with Crippen molar-refractivity contribution in [1.29, 1.82) is 0 Å². The van der Waals surface area contributed by atoms with E-state index in [1.54, 1.807) is 6.07 Å². The second-order valence-electron chi connectivity index (χ2n) is 4.29. The van der Waals surface area contributed by atoms with Crippen molar-refractivity contribution < 1.29 is 13.9 Å². The number of hydrogen-bond donors (Lipinski definition) is 1. The van der Waals surface area contributed by atoms with Gasteiger partial charge in [-0.05, 0) is 17.7 Å². The normalized spacial score (nSPS) is 18.6. The number of hydrogen-bond acceptors (Lipinski definition) is 4. The van der Waals surface area contributed by atoms with Crippen LogP contribution in [0.5, 0.6) is 5.75 Å². The molecule has 5 heteroatoms. The fourth-order valence-corrected chi connectivity index (χ4v) is 2.28. The summed E-state index contributed by atoms with van der Waals surface area (Å²) in [5, 5.41) is 0. The van der Waals surface area contributed by atoms with E-state index in [-0.39, 0.29) is 17.6 Å². The smallest absolute Gasteiger partial charge is 0.165 e. The van der Waals surface area contributed by atoms with Crippen LogP contribution in [-0.2, 0) is 4.74 Å². The standard InChI is InChI=1S/C13H19FN2O2/c1-17-13-3-2-10(8-11(13)14)12(9-15)16-4-6-18-7-5-16/h2-3,8,12H,4-7,9,15H2,1H3. The molecule has 1 heterocycles. The highest BCUT2D eigenvalue weighted by atomic mass is 19.1. The first-order valence-corrected chi connectivity index (χ1v) is 6.11. The summed E-state index contributed by atoms with van der Waals surface area (Å²) in [6.07, 6.45) is 0. The molecule has 1 aliphatic rings. The molecular formula is C13H19FN2O2. The van der Waals surface area contributed by atoms with E-state index in [0.29, 0.717) is 19.8 Å². The quantitative estimate of drug-likeness (QED) is 0.876. The molecule has 4 nitrogen and oxygen atoms in total. The van der Waals surface area contributed by atoms with Gasteiger partial charge in [-0.25, -0.2) is 4.39 Å². The molecule has 1 atom stereocenters. The Labute approximate surface area is 106 Å². The van der Waals surface area contributed by atoms with Crippen molar-refractivity contribution >= 4 is 0 Å². The van der Waals surface area contributed by atoms with Crippen molar-refractivity contribution in [2.75, 3.05) is 40.0 Å². The SMILES string of the molecule is COc1ccc(C(CN)N2CCOCC2)cc1F. The Kier molecular flexibility index (Phi) is 4.52. The van der Waals surface area contributed by atoms with Crippen LogP contribution in [0.4, 0.5) is 4.39 Å². The van der Waals surface area contributed by atoms with Gasteiger partial charge in [0.25, 0.3) is 0 Å². The van der Waals surface area contributed by atoms with E-state index in [1.165, 1.54) is 13.2 Å². The Hall–Kier alpha value is -1.17. The highest BCUT2D eigenvalue weighted by Gasteiger charge is 2.22. The monoisotopic (exact) mass is 254 g/mol. The molecule has 2 N–H and O–H groups in total. The molecule has 1 aliphatic heterocycles. The van der Waals surface area contributed by atoms with E-state index < -0.39 is 0 Å². The predicted molar refractivity (Wildman–Crippen MR) is 67.1 cm³/mol. The zero-order valence-corrected chi connectivity index (χ0v) is 10.6. The molecule has 0 bridgehead atoms. The minimum Gasteiger partial charge on any atom is -0.494 e. The largest absolute Gasteiger partial charge is 0.494 e. The minimum atomic E-state index is -0.346. The molecule has 100 valence electrons. The summed E-state index contributed by atoms with van der Waals surface area (Å²) in [6, 6.07) is 5.06. The Bertz CT molecular complexity index is 395. The second kappa shape index (κ2) is 6.13. The van der Waals surface area contributed by atoms with Gasteiger partial charge in [-0.3, -0.25) is 4.90 Å². The molecule has 1 saturated heterocycles. The summed E-state index contributed by atoms with van der Waals surface area (Å²) in [6.45, 7) is 3.53. The molecule has 18 heavy (non-hydrogen) atoms. The van der Waals surface area contributed by atoms with Crippen LogP contribution in [0, 0.1) is 5.82 Å². The first-order chi connectivity index (χ1) is 8.76. The third-order valence-electron chi connectivity index (χ3n) is 3.27. The van der Waals surface area contributed by atoms with Crippen molar-refractivity contribution in [3.63, 3.8) is 0 Å². The van der Waals surface area contributed by atoms with Crippen LogP contribution in [0.3, 0.4) is 0 Å². The summed E-state index contributed by atoms with van der Waals surface area (Å²) < 4.78 is 23.9. The number of nitrogens with zero attached hydrogens (tertiary/aromatic N) is 1. The molecule has 0 radical (unpaired) electrons. The number of morpholine rings is 1. The van der Waals surface area contributed by atoms with Gasteiger partial charge in [0.2, 0.25) is 0 Å². The van der Waals surface area contributed by atoms with Gasteiger partial charge in [-0.2, -0.15) is 0 Å². The molecule has 0 spiro atoms. The number of ether oxygens (including phenoxy) is 2. The molecule has 2 rings (SSSR count). The Morgan fingerprint density at radius 1 is 1.44 bits per heavy atom. The molecule has 0 amide bonds. The second-order valence-corrected chi connectivity index (χ2v) is 4.29. The van der Waals surface area contributed by atoms with Crippen LogP contribution < -0.4 is 10.5 Å². The maximum Gasteiger partial charge on any atom is 0.165 e. The van der Waals surface area contributed by atoms with Crippen molar-refractivity contribution in [1.82, 2.24) is 4.90 Å². The van der Waals surface area contributed by atoms with Gasteiger partial charge in [0.05, 0.1) is 20.3 Å². The number of methoxy groups -OCH3 is 1. The molecule has 0 aromatic heterocycles. The fourth-order valence-electron chi connectivity index (χ4n) is 2.28. The van der Waals surface area contributed by atoms with Crippen LogP contribution in [0.1, 0.15) is 11.6 Å². The molecular weight excluding hydrogens is 235 g/mol. The van der Waals surface area contributed by atoms with Crippen molar-refractivity contribution in [3.8, 4) is 5.75 Å². The van der Waals surface area contributed by atoms with Crippen LogP contribution in [0.15, 0.2) is 18.2 Å². The van der Waals surface area contributed by atoms with E-state index in [9.17, 15) is 4.39 Å². The zero-order chi connectivity index (χ0) is 13.0. The highest BCUT2D eigenvalue weighted by Crippen LogP contribution is 2.25. The molecule has 0 aliphatic carbocycles. The predicted octanol–water partition coefficient (Wildman–Crippen LogP) is 1.17. The lowest BCUT2D eigenvalue weighted by Gasteiger charge is -2.34. The molecule has 0 saturated carbocycles. The summed E-state index contributed by atoms with van der Waals surface area (Å²) in [5.74, 6) is -0.0850. The fraction of sp³-hybridized carbons (Fsp3) is 0.538. The number of rotatable bonds is 4. The third-order valence-corrected chi connectivity index (χ3v) is 3.27. The van der Waals surface area contributed by atoms with Gasteiger partial charge < -0.3 is 15.2 Å². The van der Waals surface area contributed by atoms with Gasteiger partial charge in [-0.1, -0.05) is 6.07 Å². The van der Waals surface area contributed by atoms with Gasteiger partial charge in [0.15, 0.2) is 11.6 Å². The summed E-state index contributed by atoms with van der Waals surface area (Å²) in [5.41, 5.74) is 6.71. The maximum absolute atomic E-state index is 13.7. The lowest BCUT2D eigenvalue weighted by molar-refractivity contribution is 0.0178. The Morgan fingerprint density at radius 3 is 2.72 bits per heavy atom. The Morgan fingerprint density at radius 2 is 2.17 bits per heavy atom. The minimum absolute atomic E-state index is 0.0364. The summed E-state index contributed by atoms with van der Waals surface area (Å²) in [7, 11) is 1.46. The lowest BCUT2D eigenvalue weighted by atomic mass is 10.0.